The van der Waals surface area contributed by atoms with Gasteiger partial charge in [0.2, 0.25) is 0 Å². The number of carbonyl (C=O) groups is 1. The molecule has 0 aliphatic rings. The van der Waals surface area contributed by atoms with Crippen LogP contribution in [-0.2, 0) is 4.79 Å². The molecule has 2 rings (SSSR count). The molecular weight excluding hydrogens is 362 g/mol. The Hall–Kier alpha value is -3.13. The van der Waals surface area contributed by atoms with Crippen molar-refractivity contribution in [2.75, 3.05) is 13.7 Å². The first kappa shape index (κ1) is 19.2. The summed E-state index contributed by atoms with van der Waals surface area (Å²) in [5.41, 5.74) is 3.01. The molecular formula is C17H16ClN3O5. The number of nitro benzene ring substituents is 1. The minimum Gasteiger partial charge on any atom is -0.490 e. The van der Waals surface area contributed by atoms with Gasteiger partial charge in [0.05, 0.1) is 23.8 Å². The van der Waals surface area contributed by atoms with Gasteiger partial charge in [0.1, 0.15) is 5.75 Å². The van der Waals surface area contributed by atoms with E-state index in [9.17, 15) is 14.9 Å². The fraction of sp³-hybridized carbons (Fsp3) is 0.176. The van der Waals surface area contributed by atoms with Crippen LogP contribution in [0.1, 0.15) is 11.1 Å². The maximum Gasteiger partial charge on any atom is 0.319 e. The number of nitrogens with zero attached hydrogens (tertiary/aromatic N) is 2. The number of amides is 1. The number of para-hydroxylation sites is 1. The highest BCUT2D eigenvalue weighted by Crippen LogP contribution is 2.29. The van der Waals surface area contributed by atoms with Crippen LogP contribution >= 0.6 is 11.6 Å². The van der Waals surface area contributed by atoms with Gasteiger partial charge in [-0.2, -0.15) is 5.10 Å². The number of aryl methyl sites for hydroxylation is 1. The van der Waals surface area contributed by atoms with Gasteiger partial charge in [-0.05, 0) is 42.8 Å². The maximum atomic E-state index is 11.8. The van der Waals surface area contributed by atoms with Crippen molar-refractivity contribution < 1.29 is 19.2 Å². The van der Waals surface area contributed by atoms with Crippen LogP contribution in [0.4, 0.5) is 5.69 Å². The van der Waals surface area contributed by atoms with Gasteiger partial charge in [-0.15, -0.1) is 0 Å². The first-order valence-corrected chi connectivity index (χ1v) is 7.82. The van der Waals surface area contributed by atoms with E-state index in [1.165, 1.54) is 25.5 Å². The third-order valence-electron chi connectivity index (χ3n) is 3.32. The van der Waals surface area contributed by atoms with E-state index in [-0.39, 0.29) is 23.6 Å². The number of rotatable bonds is 7. The fourth-order valence-corrected chi connectivity index (χ4v) is 2.35. The number of hydrogen-bond acceptors (Lipinski definition) is 6. The lowest BCUT2D eigenvalue weighted by Gasteiger charge is -2.08. The van der Waals surface area contributed by atoms with E-state index in [1.807, 2.05) is 0 Å². The number of nitro groups is 1. The van der Waals surface area contributed by atoms with E-state index in [0.29, 0.717) is 10.8 Å². The Balaban J connectivity index is 1.98. The SMILES string of the molecule is COc1cccc(/C=N/NC(=O)COc2ccc(Cl)cc2C)c1[N+](=O)[O-]. The van der Waals surface area contributed by atoms with Crippen LogP contribution < -0.4 is 14.9 Å². The van der Waals surface area contributed by atoms with Gasteiger partial charge in [0, 0.05) is 5.02 Å². The van der Waals surface area contributed by atoms with E-state index in [1.54, 1.807) is 31.2 Å². The Morgan fingerprint density at radius 3 is 2.77 bits per heavy atom. The second-order valence-corrected chi connectivity index (χ2v) is 5.58. The topological polar surface area (TPSA) is 103 Å². The van der Waals surface area contributed by atoms with Crippen LogP contribution in [0.5, 0.6) is 11.5 Å². The van der Waals surface area contributed by atoms with Gasteiger partial charge in [0.25, 0.3) is 5.91 Å². The van der Waals surface area contributed by atoms with Gasteiger partial charge in [0.15, 0.2) is 12.4 Å². The molecule has 1 amide bonds. The van der Waals surface area contributed by atoms with Crippen LogP contribution in [0.25, 0.3) is 0 Å². The molecule has 0 spiro atoms. The zero-order valence-corrected chi connectivity index (χ0v) is 14.8. The Morgan fingerprint density at radius 1 is 1.35 bits per heavy atom. The molecule has 0 aliphatic heterocycles. The molecule has 8 nitrogen and oxygen atoms in total. The Morgan fingerprint density at radius 2 is 2.12 bits per heavy atom. The van der Waals surface area contributed by atoms with Gasteiger partial charge in [-0.3, -0.25) is 14.9 Å². The maximum absolute atomic E-state index is 11.8. The largest absolute Gasteiger partial charge is 0.490 e. The fourth-order valence-electron chi connectivity index (χ4n) is 2.13. The first-order valence-electron chi connectivity index (χ1n) is 7.44. The van der Waals surface area contributed by atoms with Crippen molar-refractivity contribution in [1.29, 1.82) is 0 Å². The van der Waals surface area contributed by atoms with Crippen molar-refractivity contribution in [1.82, 2.24) is 5.43 Å². The lowest BCUT2D eigenvalue weighted by Crippen LogP contribution is -2.24. The standard InChI is InChI=1S/C17H16ClN3O5/c1-11-8-13(18)6-7-14(11)26-10-16(22)20-19-9-12-4-3-5-15(25-2)17(12)21(23)24/h3-9H,10H2,1-2H3,(H,20,22)/b19-9+. The molecule has 0 unspecified atom stereocenters. The summed E-state index contributed by atoms with van der Waals surface area (Å²) < 4.78 is 10.3. The summed E-state index contributed by atoms with van der Waals surface area (Å²) in [6.45, 7) is 1.54. The summed E-state index contributed by atoms with van der Waals surface area (Å²) in [5, 5.41) is 15.5. The molecule has 0 aromatic heterocycles. The number of hydrogen-bond donors (Lipinski definition) is 1. The molecule has 2 aromatic carbocycles. The third kappa shape index (κ3) is 4.93. The normalized spacial score (nSPS) is 10.6. The van der Waals surface area contributed by atoms with Crippen molar-refractivity contribution in [3.63, 3.8) is 0 Å². The molecule has 26 heavy (non-hydrogen) atoms. The lowest BCUT2D eigenvalue weighted by molar-refractivity contribution is -0.385. The Bertz CT molecular complexity index is 854. The van der Waals surface area contributed by atoms with Crippen LogP contribution in [0, 0.1) is 17.0 Å². The second kappa shape index (κ2) is 8.82. The third-order valence-corrected chi connectivity index (χ3v) is 3.56. The molecule has 0 bridgehead atoms. The van der Waals surface area contributed by atoms with Gasteiger partial charge < -0.3 is 9.47 Å². The predicted molar refractivity (Wildman–Crippen MR) is 97.1 cm³/mol. The summed E-state index contributed by atoms with van der Waals surface area (Å²) in [7, 11) is 1.33. The zero-order chi connectivity index (χ0) is 19.1. The minimum absolute atomic E-state index is 0.104. The molecule has 2 aromatic rings. The number of nitrogens with one attached hydrogen (secondary N) is 1. The Kier molecular flexibility index (Phi) is 6.51. The van der Waals surface area contributed by atoms with Gasteiger partial charge >= 0.3 is 5.69 Å². The van der Waals surface area contributed by atoms with Crippen molar-refractivity contribution in [3.05, 3.63) is 62.7 Å². The van der Waals surface area contributed by atoms with Crippen LogP contribution in [0.15, 0.2) is 41.5 Å². The number of halogens is 1. The lowest BCUT2D eigenvalue weighted by atomic mass is 10.2. The number of hydrazone groups is 1. The zero-order valence-electron chi connectivity index (χ0n) is 14.1. The second-order valence-electron chi connectivity index (χ2n) is 5.15. The quantitative estimate of drug-likeness (QED) is 0.453. The highest BCUT2D eigenvalue weighted by molar-refractivity contribution is 6.30. The van der Waals surface area contributed by atoms with Crippen LogP contribution in [0.3, 0.4) is 0 Å². The monoisotopic (exact) mass is 377 g/mol. The molecule has 9 heteroatoms. The van der Waals surface area contributed by atoms with Crippen LogP contribution in [0.2, 0.25) is 5.02 Å². The number of carbonyl (C=O) groups excluding carboxylic acids is 1. The molecule has 0 fully saturated rings. The highest BCUT2D eigenvalue weighted by atomic mass is 35.5. The number of benzene rings is 2. The minimum atomic E-state index is -0.575. The number of methoxy groups -OCH3 is 1. The molecule has 0 saturated carbocycles. The average Bonchev–Trinajstić information content (AvgIpc) is 2.60. The van der Waals surface area contributed by atoms with Crippen molar-refractivity contribution in [3.8, 4) is 11.5 Å². The van der Waals surface area contributed by atoms with Crippen molar-refractivity contribution >= 4 is 29.4 Å². The van der Waals surface area contributed by atoms with Crippen LogP contribution in [-0.4, -0.2) is 30.8 Å². The molecule has 0 heterocycles. The van der Waals surface area contributed by atoms with Crippen molar-refractivity contribution in [2.24, 2.45) is 5.10 Å². The summed E-state index contributed by atoms with van der Waals surface area (Å²) >= 11 is 5.85. The predicted octanol–water partition coefficient (Wildman–Crippen LogP) is 3.09. The van der Waals surface area contributed by atoms with Gasteiger partial charge in [-0.1, -0.05) is 17.7 Å². The number of ether oxygens (including phenoxy) is 2. The van der Waals surface area contributed by atoms with Gasteiger partial charge in [-0.25, -0.2) is 5.43 Å². The van der Waals surface area contributed by atoms with E-state index in [2.05, 4.69) is 10.5 Å². The first-order chi connectivity index (χ1) is 12.4. The highest BCUT2D eigenvalue weighted by Gasteiger charge is 2.19. The molecule has 1 N–H and O–H groups in total. The molecule has 136 valence electrons. The smallest absolute Gasteiger partial charge is 0.319 e. The van der Waals surface area contributed by atoms with E-state index < -0.39 is 10.8 Å². The summed E-state index contributed by atoms with van der Waals surface area (Å²) in [4.78, 5) is 22.4. The Labute approximate surface area is 154 Å². The summed E-state index contributed by atoms with van der Waals surface area (Å²) in [6.07, 6.45) is 1.17. The molecule has 0 aliphatic carbocycles. The van der Waals surface area contributed by atoms with E-state index in [4.69, 9.17) is 21.1 Å². The van der Waals surface area contributed by atoms with Crippen molar-refractivity contribution in [2.45, 2.75) is 6.92 Å². The average molecular weight is 378 g/mol. The molecule has 0 atom stereocenters. The summed E-state index contributed by atoms with van der Waals surface area (Å²) in [5.74, 6) is 0.116. The van der Waals surface area contributed by atoms with E-state index in [0.717, 1.165) is 5.56 Å². The molecule has 0 radical (unpaired) electrons. The van der Waals surface area contributed by atoms with E-state index >= 15 is 0 Å². The molecule has 0 saturated heterocycles. The summed E-state index contributed by atoms with van der Waals surface area (Å²) in [6, 6.07) is 9.58.